The van der Waals surface area contributed by atoms with E-state index in [4.69, 9.17) is 9.73 Å². The summed E-state index contributed by atoms with van der Waals surface area (Å²) in [6.07, 6.45) is 2.79. The van der Waals surface area contributed by atoms with Gasteiger partial charge in [-0.05, 0) is 37.3 Å². The van der Waals surface area contributed by atoms with Gasteiger partial charge in [0.2, 0.25) is 0 Å². The Bertz CT molecular complexity index is 653. The van der Waals surface area contributed by atoms with Crippen LogP contribution < -0.4 is 5.32 Å². The van der Waals surface area contributed by atoms with Crippen molar-refractivity contribution in [2.45, 2.75) is 32.7 Å². The summed E-state index contributed by atoms with van der Waals surface area (Å²) in [4.78, 5) is 21.3. The number of carbonyl (C=O) groups is 1. The average Bonchev–Trinajstić information content (AvgIpc) is 2.72. The third kappa shape index (κ3) is 5.22. The van der Waals surface area contributed by atoms with E-state index in [-0.39, 0.29) is 11.9 Å². The van der Waals surface area contributed by atoms with E-state index in [0.29, 0.717) is 0 Å². The first-order chi connectivity index (χ1) is 13.2. The molecule has 6 nitrogen and oxygen atoms in total. The molecule has 2 aliphatic heterocycles. The van der Waals surface area contributed by atoms with E-state index in [2.05, 4.69) is 46.3 Å². The standard InChI is InChI=1S/C21H32N4O2/c1-3-22-21(25-13-9-18(10-14-25)20(26)27-2)23-11-15-24-12-8-17-6-4-5-7-19(17)16-24/h4-7,18H,3,8-16H2,1-2H3,(H,22,23). The summed E-state index contributed by atoms with van der Waals surface area (Å²) >= 11 is 0. The summed E-state index contributed by atoms with van der Waals surface area (Å²) in [7, 11) is 1.47. The molecule has 0 saturated carbocycles. The summed E-state index contributed by atoms with van der Waals surface area (Å²) in [5.74, 6) is 0.919. The maximum atomic E-state index is 11.7. The van der Waals surface area contributed by atoms with Gasteiger partial charge >= 0.3 is 5.97 Å². The predicted molar refractivity (Wildman–Crippen MR) is 108 cm³/mol. The van der Waals surface area contributed by atoms with Gasteiger partial charge in [0.25, 0.3) is 0 Å². The number of rotatable bonds is 5. The number of likely N-dealkylation sites (tertiary alicyclic amines) is 1. The number of benzene rings is 1. The molecule has 148 valence electrons. The van der Waals surface area contributed by atoms with Gasteiger partial charge in [0.05, 0.1) is 19.6 Å². The Morgan fingerprint density at radius 1 is 1.22 bits per heavy atom. The van der Waals surface area contributed by atoms with Crippen LogP contribution in [0.15, 0.2) is 29.3 Å². The normalized spacial score (nSPS) is 18.9. The highest BCUT2D eigenvalue weighted by Crippen LogP contribution is 2.19. The Morgan fingerprint density at radius 2 is 1.96 bits per heavy atom. The molecule has 0 amide bonds. The van der Waals surface area contributed by atoms with Gasteiger partial charge in [-0.15, -0.1) is 0 Å². The van der Waals surface area contributed by atoms with Gasteiger partial charge in [0.1, 0.15) is 0 Å². The third-order valence-corrected chi connectivity index (χ3v) is 5.55. The van der Waals surface area contributed by atoms with Gasteiger partial charge in [0, 0.05) is 39.3 Å². The molecular formula is C21H32N4O2. The van der Waals surface area contributed by atoms with Crippen molar-refractivity contribution in [3.63, 3.8) is 0 Å². The van der Waals surface area contributed by atoms with Crippen molar-refractivity contribution in [2.24, 2.45) is 10.9 Å². The summed E-state index contributed by atoms with van der Waals surface area (Å²) in [5.41, 5.74) is 2.93. The highest BCUT2D eigenvalue weighted by molar-refractivity contribution is 5.80. The van der Waals surface area contributed by atoms with E-state index in [0.717, 1.165) is 71.0 Å². The Hall–Kier alpha value is -2.08. The first kappa shape index (κ1) is 19.7. The lowest BCUT2D eigenvalue weighted by Gasteiger charge is -2.33. The molecule has 0 bridgehead atoms. The van der Waals surface area contributed by atoms with Crippen molar-refractivity contribution in [2.75, 3.05) is 46.4 Å². The Balaban J connectivity index is 1.50. The van der Waals surface area contributed by atoms with Gasteiger partial charge in [-0.1, -0.05) is 24.3 Å². The molecular weight excluding hydrogens is 340 g/mol. The van der Waals surface area contributed by atoms with Gasteiger partial charge in [0.15, 0.2) is 5.96 Å². The zero-order chi connectivity index (χ0) is 19.1. The molecule has 1 fully saturated rings. The molecule has 0 spiro atoms. The second-order valence-electron chi connectivity index (χ2n) is 7.31. The van der Waals surface area contributed by atoms with Crippen LogP contribution in [0.2, 0.25) is 0 Å². The maximum absolute atomic E-state index is 11.7. The lowest BCUT2D eigenvalue weighted by Crippen LogP contribution is -2.47. The van der Waals surface area contributed by atoms with Crippen LogP contribution in [0.5, 0.6) is 0 Å². The molecule has 0 aromatic heterocycles. The average molecular weight is 373 g/mol. The second kappa shape index (κ2) is 9.74. The Labute approximate surface area is 162 Å². The van der Waals surface area contributed by atoms with E-state index < -0.39 is 0 Å². The highest BCUT2D eigenvalue weighted by atomic mass is 16.5. The zero-order valence-corrected chi connectivity index (χ0v) is 16.6. The van der Waals surface area contributed by atoms with Gasteiger partial charge in [-0.2, -0.15) is 0 Å². The number of nitrogens with one attached hydrogen (secondary N) is 1. The summed E-state index contributed by atoms with van der Waals surface area (Å²) in [5, 5.41) is 3.40. The van der Waals surface area contributed by atoms with Crippen LogP contribution in [0, 0.1) is 5.92 Å². The van der Waals surface area contributed by atoms with E-state index >= 15 is 0 Å². The van der Waals surface area contributed by atoms with Crippen LogP contribution in [0.4, 0.5) is 0 Å². The largest absolute Gasteiger partial charge is 0.469 e. The zero-order valence-electron chi connectivity index (χ0n) is 16.6. The molecule has 1 N–H and O–H groups in total. The fourth-order valence-electron chi connectivity index (χ4n) is 3.96. The summed E-state index contributed by atoms with van der Waals surface area (Å²) in [6, 6.07) is 8.74. The minimum Gasteiger partial charge on any atom is -0.469 e. The van der Waals surface area contributed by atoms with E-state index in [1.165, 1.54) is 18.2 Å². The van der Waals surface area contributed by atoms with Crippen molar-refractivity contribution >= 4 is 11.9 Å². The van der Waals surface area contributed by atoms with Crippen molar-refractivity contribution in [3.8, 4) is 0 Å². The van der Waals surface area contributed by atoms with Crippen molar-refractivity contribution in [1.82, 2.24) is 15.1 Å². The molecule has 1 saturated heterocycles. The molecule has 1 aromatic rings. The summed E-state index contributed by atoms with van der Waals surface area (Å²) in [6.45, 7) is 8.54. The molecule has 0 radical (unpaired) electrons. The van der Waals surface area contributed by atoms with E-state index in [1.54, 1.807) is 0 Å². The van der Waals surface area contributed by atoms with Crippen LogP contribution >= 0.6 is 0 Å². The Kier molecular flexibility index (Phi) is 7.10. The number of hydrogen-bond acceptors (Lipinski definition) is 4. The second-order valence-corrected chi connectivity index (χ2v) is 7.31. The number of methoxy groups -OCH3 is 1. The van der Waals surface area contributed by atoms with Crippen LogP contribution in [-0.2, 0) is 22.5 Å². The molecule has 2 aliphatic rings. The van der Waals surface area contributed by atoms with Crippen LogP contribution in [0.3, 0.4) is 0 Å². The SMILES string of the molecule is CCNC(=NCCN1CCc2ccccc2C1)N1CCC(C(=O)OC)CC1. The molecule has 0 aliphatic carbocycles. The number of carbonyl (C=O) groups excluding carboxylic acids is 1. The monoisotopic (exact) mass is 372 g/mol. The van der Waals surface area contributed by atoms with Crippen LogP contribution in [0.25, 0.3) is 0 Å². The van der Waals surface area contributed by atoms with Crippen molar-refractivity contribution < 1.29 is 9.53 Å². The predicted octanol–water partition coefficient (Wildman–Crippen LogP) is 1.90. The number of hydrogen-bond donors (Lipinski definition) is 1. The van der Waals surface area contributed by atoms with Crippen LogP contribution in [-0.4, -0.2) is 68.1 Å². The number of fused-ring (bicyclic) bond motifs is 1. The number of ether oxygens (including phenoxy) is 1. The molecule has 2 heterocycles. The number of piperidine rings is 1. The first-order valence-electron chi connectivity index (χ1n) is 10.1. The molecule has 27 heavy (non-hydrogen) atoms. The lowest BCUT2D eigenvalue weighted by atomic mass is 9.97. The van der Waals surface area contributed by atoms with Gasteiger partial charge < -0.3 is 15.0 Å². The fourth-order valence-corrected chi connectivity index (χ4v) is 3.96. The topological polar surface area (TPSA) is 57.2 Å². The molecule has 0 atom stereocenters. The van der Waals surface area contributed by atoms with Crippen molar-refractivity contribution in [3.05, 3.63) is 35.4 Å². The summed E-state index contributed by atoms with van der Waals surface area (Å²) < 4.78 is 4.88. The van der Waals surface area contributed by atoms with Gasteiger partial charge in [-0.25, -0.2) is 0 Å². The molecule has 6 heteroatoms. The molecule has 3 rings (SSSR count). The fraction of sp³-hybridized carbons (Fsp3) is 0.619. The number of nitrogens with zero attached hydrogens (tertiary/aromatic N) is 3. The lowest BCUT2D eigenvalue weighted by molar-refractivity contribution is -0.146. The van der Waals surface area contributed by atoms with Crippen molar-refractivity contribution in [1.29, 1.82) is 0 Å². The minimum absolute atomic E-state index is 0.0301. The third-order valence-electron chi connectivity index (χ3n) is 5.55. The first-order valence-corrected chi connectivity index (χ1v) is 10.1. The maximum Gasteiger partial charge on any atom is 0.308 e. The number of guanidine groups is 1. The number of esters is 1. The van der Waals surface area contributed by atoms with E-state index in [1.807, 2.05) is 0 Å². The smallest absolute Gasteiger partial charge is 0.308 e. The minimum atomic E-state index is -0.0815. The van der Waals surface area contributed by atoms with Gasteiger partial charge in [-0.3, -0.25) is 14.7 Å². The quantitative estimate of drug-likeness (QED) is 0.486. The Morgan fingerprint density at radius 3 is 2.67 bits per heavy atom. The molecule has 1 aromatic carbocycles. The van der Waals surface area contributed by atoms with Crippen LogP contribution in [0.1, 0.15) is 30.9 Å². The number of aliphatic imine (C=N–C) groups is 1. The van der Waals surface area contributed by atoms with E-state index in [9.17, 15) is 4.79 Å². The molecule has 0 unspecified atom stereocenters. The highest BCUT2D eigenvalue weighted by Gasteiger charge is 2.27.